The number of hydrogen-bond acceptors (Lipinski definition) is 5. The minimum Gasteiger partial charge on any atom is -0.476 e. The average Bonchev–Trinajstić information content (AvgIpc) is 3.01. The monoisotopic (exact) mass is 357 g/mol. The summed E-state index contributed by atoms with van der Waals surface area (Å²) in [7, 11) is 0. The molecular formula is C18H20ClN5O. The molecule has 1 aliphatic heterocycles. The Bertz CT molecular complexity index is 881. The predicted octanol–water partition coefficient (Wildman–Crippen LogP) is 3.38. The highest BCUT2D eigenvalue weighted by Gasteiger charge is 2.23. The van der Waals surface area contributed by atoms with Crippen molar-refractivity contribution in [2.45, 2.75) is 19.8 Å². The van der Waals surface area contributed by atoms with E-state index >= 15 is 0 Å². The summed E-state index contributed by atoms with van der Waals surface area (Å²) < 4.78 is 7.74. The molecular weight excluding hydrogens is 338 g/mol. The van der Waals surface area contributed by atoms with Gasteiger partial charge < -0.3 is 9.64 Å². The van der Waals surface area contributed by atoms with E-state index in [4.69, 9.17) is 16.3 Å². The third kappa shape index (κ3) is 3.39. The summed E-state index contributed by atoms with van der Waals surface area (Å²) in [6.45, 7) is 4.51. The molecule has 1 saturated heterocycles. The van der Waals surface area contributed by atoms with Crippen LogP contribution < -0.4 is 9.64 Å². The molecule has 1 aliphatic rings. The average molecular weight is 358 g/mol. The van der Waals surface area contributed by atoms with Crippen molar-refractivity contribution in [1.82, 2.24) is 19.6 Å². The Hall–Kier alpha value is -2.34. The highest BCUT2D eigenvalue weighted by atomic mass is 35.5. The molecule has 4 heterocycles. The van der Waals surface area contributed by atoms with Crippen LogP contribution in [0.15, 0.2) is 36.8 Å². The summed E-state index contributed by atoms with van der Waals surface area (Å²) in [5.74, 6) is 1.91. The van der Waals surface area contributed by atoms with Crippen LogP contribution in [-0.4, -0.2) is 39.3 Å². The van der Waals surface area contributed by atoms with E-state index in [9.17, 15) is 0 Å². The van der Waals surface area contributed by atoms with Crippen LogP contribution in [0.5, 0.6) is 5.88 Å². The van der Waals surface area contributed by atoms with E-state index in [0.717, 1.165) is 43.0 Å². The van der Waals surface area contributed by atoms with Gasteiger partial charge in [-0.25, -0.2) is 14.5 Å². The van der Waals surface area contributed by atoms with Crippen molar-refractivity contribution < 1.29 is 4.74 Å². The van der Waals surface area contributed by atoms with Crippen LogP contribution in [0.3, 0.4) is 0 Å². The quantitative estimate of drug-likeness (QED) is 0.716. The van der Waals surface area contributed by atoms with E-state index in [1.807, 2.05) is 23.8 Å². The molecule has 3 aromatic heterocycles. The number of halogens is 1. The first kappa shape index (κ1) is 16.1. The van der Waals surface area contributed by atoms with Crippen LogP contribution >= 0.6 is 11.6 Å². The summed E-state index contributed by atoms with van der Waals surface area (Å²) in [6.07, 6.45) is 7.63. The number of nitrogens with zero attached hydrogens (tertiary/aromatic N) is 5. The van der Waals surface area contributed by atoms with Crippen molar-refractivity contribution in [2.75, 3.05) is 24.6 Å². The molecule has 0 radical (unpaired) electrons. The smallest absolute Gasteiger partial charge is 0.232 e. The Morgan fingerprint density at radius 2 is 2.24 bits per heavy atom. The minimum atomic E-state index is 0.415. The van der Waals surface area contributed by atoms with Gasteiger partial charge in [0.15, 0.2) is 5.82 Å². The van der Waals surface area contributed by atoms with E-state index in [2.05, 4.69) is 26.0 Å². The lowest BCUT2D eigenvalue weighted by molar-refractivity contribution is 0.222. The molecule has 0 aromatic carbocycles. The Kier molecular flexibility index (Phi) is 4.44. The highest BCUT2D eigenvalue weighted by molar-refractivity contribution is 6.31. The van der Waals surface area contributed by atoms with E-state index in [1.54, 1.807) is 18.3 Å². The van der Waals surface area contributed by atoms with Gasteiger partial charge in [-0.2, -0.15) is 5.10 Å². The third-order valence-electron chi connectivity index (χ3n) is 4.49. The summed E-state index contributed by atoms with van der Waals surface area (Å²) in [4.78, 5) is 11.1. The molecule has 0 spiro atoms. The Morgan fingerprint density at radius 3 is 3.12 bits per heavy atom. The summed E-state index contributed by atoms with van der Waals surface area (Å²) >= 11 is 6.12. The number of pyridine rings is 1. The van der Waals surface area contributed by atoms with Gasteiger partial charge in [0, 0.05) is 37.6 Å². The first-order valence-corrected chi connectivity index (χ1v) is 8.88. The fourth-order valence-corrected chi connectivity index (χ4v) is 3.52. The van der Waals surface area contributed by atoms with E-state index < -0.39 is 0 Å². The van der Waals surface area contributed by atoms with Gasteiger partial charge in [0.1, 0.15) is 10.5 Å². The second-order valence-electron chi connectivity index (χ2n) is 6.42. The molecule has 0 N–H and O–H groups in total. The summed E-state index contributed by atoms with van der Waals surface area (Å²) in [6, 6.07) is 5.68. The van der Waals surface area contributed by atoms with Crippen LogP contribution in [0, 0.1) is 12.8 Å². The van der Waals surface area contributed by atoms with Crippen LogP contribution in [0.4, 0.5) is 5.82 Å². The molecule has 0 saturated carbocycles. The maximum atomic E-state index is 6.12. The fourth-order valence-electron chi connectivity index (χ4n) is 3.34. The van der Waals surface area contributed by atoms with Crippen molar-refractivity contribution in [2.24, 2.45) is 5.92 Å². The summed E-state index contributed by atoms with van der Waals surface area (Å²) in [5, 5.41) is 5.03. The second kappa shape index (κ2) is 6.88. The van der Waals surface area contributed by atoms with Gasteiger partial charge in [-0.05, 0) is 38.0 Å². The number of piperidine rings is 1. The third-order valence-corrected chi connectivity index (χ3v) is 4.78. The largest absolute Gasteiger partial charge is 0.476 e. The number of fused-ring (bicyclic) bond motifs is 1. The zero-order valence-electron chi connectivity index (χ0n) is 14.1. The number of aryl methyl sites for hydroxylation is 1. The van der Waals surface area contributed by atoms with Crippen molar-refractivity contribution in [3.05, 3.63) is 47.5 Å². The number of aromatic nitrogens is 4. The molecule has 0 amide bonds. The van der Waals surface area contributed by atoms with Gasteiger partial charge in [0.2, 0.25) is 5.88 Å². The topological polar surface area (TPSA) is 55.5 Å². The molecule has 4 rings (SSSR count). The van der Waals surface area contributed by atoms with Gasteiger partial charge in [0.05, 0.1) is 12.3 Å². The molecule has 6 nitrogen and oxygen atoms in total. The predicted molar refractivity (Wildman–Crippen MR) is 97.4 cm³/mol. The SMILES string of the molecule is Cc1cc2c(N3CCCC(COc4ncccc4Cl)C3)nccn2n1. The summed E-state index contributed by atoms with van der Waals surface area (Å²) in [5.41, 5.74) is 2.05. The van der Waals surface area contributed by atoms with Crippen molar-refractivity contribution in [3.63, 3.8) is 0 Å². The Morgan fingerprint density at radius 1 is 1.32 bits per heavy atom. The maximum Gasteiger partial charge on any atom is 0.232 e. The van der Waals surface area contributed by atoms with Gasteiger partial charge in [-0.15, -0.1) is 0 Å². The second-order valence-corrected chi connectivity index (χ2v) is 6.83. The van der Waals surface area contributed by atoms with Crippen molar-refractivity contribution >= 4 is 22.9 Å². The first-order chi connectivity index (χ1) is 12.2. The lowest BCUT2D eigenvalue weighted by Gasteiger charge is -2.33. The standard InChI is InChI=1S/C18H20ClN5O/c1-13-10-16-17(20-7-9-24(16)22-13)23-8-3-4-14(11-23)12-25-18-15(19)5-2-6-21-18/h2,5-7,9-10,14H,3-4,8,11-12H2,1H3. The van der Waals surface area contributed by atoms with Crippen molar-refractivity contribution in [1.29, 1.82) is 0 Å². The van der Waals surface area contributed by atoms with Gasteiger partial charge in [-0.3, -0.25) is 0 Å². The highest BCUT2D eigenvalue weighted by Crippen LogP contribution is 2.27. The van der Waals surface area contributed by atoms with Gasteiger partial charge >= 0.3 is 0 Å². The van der Waals surface area contributed by atoms with Crippen LogP contribution in [0.1, 0.15) is 18.5 Å². The number of ether oxygens (including phenoxy) is 1. The Balaban J connectivity index is 1.48. The molecule has 7 heteroatoms. The molecule has 1 unspecified atom stereocenters. The fraction of sp³-hybridized carbons (Fsp3) is 0.389. The molecule has 130 valence electrons. The number of anilines is 1. The molecule has 0 bridgehead atoms. The molecule has 25 heavy (non-hydrogen) atoms. The van der Waals surface area contributed by atoms with Crippen LogP contribution in [0.2, 0.25) is 5.02 Å². The zero-order valence-corrected chi connectivity index (χ0v) is 14.9. The normalized spacial score (nSPS) is 17.8. The van der Waals surface area contributed by atoms with Gasteiger partial charge in [-0.1, -0.05) is 11.6 Å². The lowest BCUT2D eigenvalue weighted by atomic mass is 9.99. The first-order valence-electron chi connectivity index (χ1n) is 8.50. The number of rotatable bonds is 4. The van der Waals surface area contributed by atoms with Crippen molar-refractivity contribution in [3.8, 4) is 5.88 Å². The zero-order chi connectivity index (χ0) is 17.2. The maximum absolute atomic E-state index is 6.12. The van der Waals surface area contributed by atoms with Crippen LogP contribution in [0.25, 0.3) is 5.52 Å². The van der Waals surface area contributed by atoms with E-state index in [0.29, 0.717) is 23.4 Å². The molecule has 1 atom stereocenters. The minimum absolute atomic E-state index is 0.415. The number of hydrogen-bond donors (Lipinski definition) is 0. The Labute approximate surface area is 151 Å². The molecule has 3 aromatic rings. The molecule has 0 aliphatic carbocycles. The van der Waals surface area contributed by atoms with E-state index in [1.165, 1.54) is 0 Å². The van der Waals surface area contributed by atoms with Gasteiger partial charge in [0.25, 0.3) is 0 Å². The van der Waals surface area contributed by atoms with Crippen LogP contribution in [-0.2, 0) is 0 Å². The lowest BCUT2D eigenvalue weighted by Crippen LogP contribution is -2.38. The molecule has 1 fully saturated rings. The van der Waals surface area contributed by atoms with E-state index in [-0.39, 0.29) is 0 Å².